The molecule has 2 heterocycles. The summed E-state index contributed by atoms with van der Waals surface area (Å²) in [6, 6.07) is 6.05. The molecule has 9 nitrogen and oxygen atoms in total. The van der Waals surface area contributed by atoms with Gasteiger partial charge < -0.3 is 29.7 Å². The number of ether oxygens (including phenoxy) is 3. The fraction of sp³-hybridized carbons (Fsp3) is 0.652. The predicted molar refractivity (Wildman–Crippen MR) is 140 cm³/mol. The van der Waals surface area contributed by atoms with Crippen molar-refractivity contribution in [3.05, 3.63) is 23.8 Å². The number of guanidine groups is 1. The lowest BCUT2D eigenvalue weighted by molar-refractivity contribution is 0.0145. The first-order valence-electron chi connectivity index (χ1n) is 11.4. The summed E-state index contributed by atoms with van der Waals surface area (Å²) in [4.78, 5) is 20.6. The van der Waals surface area contributed by atoms with E-state index in [0.29, 0.717) is 19.9 Å². The smallest absolute Gasteiger partial charge is 0.410 e. The summed E-state index contributed by atoms with van der Waals surface area (Å²) in [6.07, 6.45) is 1.67. The van der Waals surface area contributed by atoms with E-state index in [1.807, 2.05) is 32.9 Å². The molecule has 186 valence electrons. The molecule has 2 aliphatic heterocycles. The summed E-state index contributed by atoms with van der Waals surface area (Å²) < 4.78 is 16.2. The number of nitrogens with one attached hydrogen (secondary N) is 2. The average Bonchev–Trinajstić information content (AvgIpc) is 3.22. The van der Waals surface area contributed by atoms with Crippen LogP contribution in [-0.4, -0.2) is 87.1 Å². The van der Waals surface area contributed by atoms with E-state index in [-0.39, 0.29) is 30.1 Å². The number of nitrogens with zero attached hydrogens (tertiary/aromatic N) is 3. The second kappa shape index (κ2) is 13.1. The van der Waals surface area contributed by atoms with E-state index in [2.05, 4.69) is 26.6 Å². The van der Waals surface area contributed by atoms with E-state index in [1.165, 1.54) is 5.56 Å². The van der Waals surface area contributed by atoms with Crippen LogP contribution in [0.5, 0.6) is 11.5 Å². The van der Waals surface area contributed by atoms with Gasteiger partial charge in [0.2, 0.25) is 6.79 Å². The number of hydrogen-bond acceptors (Lipinski definition) is 6. The number of hydrogen-bond donors (Lipinski definition) is 2. The first-order valence-corrected chi connectivity index (χ1v) is 11.4. The largest absolute Gasteiger partial charge is 0.454 e. The van der Waals surface area contributed by atoms with Crippen LogP contribution in [0.4, 0.5) is 4.79 Å². The maximum atomic E-state index is 12.2. The van der Waals surface area contributed by atoms with Crippen molar-refractivity contribution in [2.75, 3.05) is 59.7 Å². The number of piperazine rings is 1. The Morgan fingerprint density at radius 1 is 1.09 bits per heavy atom. The third-order valence-electron chi connectivity index (χ3n) is 5.33. The summed E-state index contributed by atoms with van der Waals surface area (Å²) in [5.41, 5.74) is 0.749. The zero-order valence-electron chi connectivity index (χ0n) is 20.2. The fourth-order valence-corrected chi connectivity index (χ4v) is 3.63. The average molecular weight is 575 g/mol. The van der Waals surface area contributed by atoms with Gasteiger partial charge in [-0.05, 0) is 57.9 Å². The number of benzene rings is 1. The first-order chi connectivity index (χ1) is 15.3. The Labute approximate surface area is 214 Å². The van der Waals surface area contributed by atoms with E-state index >= 15 is 0 Å². The third kappa shape index (κ3) is 9.07. The summed E-state index contributed by atoms with van der Waals surface area (Å²) in [7, 11) is 1.78. The SMILES string of the molecule is CN=C(NCCCN1CCN(C(=O)OC(C)(C)C)CC1)NCCc1ccc2c(c1)OCO2.I. The number of halogens is 1. The number of carbonyl (C=O) groups excluding carboxylic acids is 1. The van der Waals surface area contributed by atoms with E-state index in [1.54, 1.807) is 11.9 Å². The van der Waals surface area contributed by atoms with Crippen molar-refractivity contribution in [1.82, 2.24) is 20.4 Å². The lowest BCUT2D eigenvalue weighted by Crippen LogP contribution is -2.50. The minimum Gasteiger partial charge on any atom is -0.454 e. The summed E-state index contributed by atoms with van der Waals surface area (Å²) in [5.74, 6) is 2.43. The molecule has 1 amide bonds. The highest BCUT2D eigenvalue weighted by Crippen LogP contribution is 2.32. The molecule has 1 aromatic carbocycles. The molecule has 10 heteroatoms. The number of carbonyl (C=O) groups is 1. The topological polar surface area (TPSA) is 87.7 Å². The van der Waals surface area contributed by atoms with Crippen LogP contribution < -0.4 is 20.1 Å². The second-order valence-corrected chi connectivity index (χ2v) is 9.03. The highest BCUT2D eigenvalue weighted by Gasteiger charge is 2.25. The molecule has 0 spiro atoms. The van der Waals surface area contributed by atoms with Gasteiger partial charge in [0.1, 0.15) is 5.60 Å². The maximum Gasteiger partial charge on any atom is 0.410 e. The van der Waals surface area contributed by atoms with E-state index in [9.17, 15) is 4.79 Å². The highest BCUT2D eigenvalue weighted by molar-refractivity contribution is 14.0. The van der Waals surface area contributed by atoms with Gasteiger partial charge in [0.15, 0.2) is 17.5 Å². The molecule has 3 rings (SSSR count). The zero-order valence-corrected chi connectivity index (χ0v) is 22.5. The van der Waals surface area contributed by atoms with Crippen molar-refractivity contribution in [1.29, 1.82) is 0 Å². The van der Waals surface area contributed by atoms with Crippen molar-refractivity contribution in [2.24, 2.45) is 4.99 Å². The lowest BCUT2D eigenvalue weighted by Gasteiger charge is -2.35. The molecule has 0 bridgehead atoms. The minimum absolute atomic E-state index is 0. The van der Waals surface area contributed by atoms with Crippen molar-refractivity contribution in [2.45, 2.75) is 39.2 Å². The van der Waals surface area contributed by atoms with Crippen LogP contribution in [0.25, 0.3) is 0 Å². The summed E-state index contributed by atoms with van der Waals surface area (Å²) >= 11 is 0. The van der Waals surface area contributed by atoms with Gasteiger partial charge in [-0.1, -0.05) is 6.07 Å². The molecule has 1 saturated heterocycles. The molecule has 0 atom stereocenters. The quantitative estimate of drug-likeness (QED) is 0.224. The van der Waals surface area contributed by atoms with E-state index in [0.717, 1.165) is 63.0 Å². The van der Waals surface area contributed by atoms with Gasteiger partial charge in [0.05, 0.1) is 0 Å². The number of rotatable bonds is 7. The Morgan fingerprint density at radius 2 is 1.79 bits per heavy atom. The molecule has 2 aliphatic rings. The first kappa shape index (κ1) is 27.3. The van der Waals surface area contributed by atoms with Crippen LogP contribution >= 0.6 is 24.0 Å². The Bertz CT molecular complexity index is 792. The third-order valence-corrected chi connectivity index (χ3v) is 5.33. The Balaban J connectivity index is 0.00000385. The molecule has 1 aromatic rings. The molecular weight excluding hydrogens is 537 g/mol. The number of fused-ring (bicyclic) bond motifs is 1. The van der Waals surface area contributed by atoms with Gasteiger partial charge in [-0.25, -0.2) is 4.79 Å². The molecule has 0 saturated carbocycles. The Kier molecular flexibility index (Phi) is 10.8. The highest BCUT2D eigenvalue weighted by atomic mass is 127. The van der Waals surface area contributed by atoms with Crippen LogP contribution in [0.2, 0.25) is 0 Å². The lowest BCUT2D eigenvalue weighted by atomic mass is 10.1. The molecule has 0 radical (unpaired) electrons. The van der Waals surface area contributed by atoms with E-state index < -0.39 is 5.60 Å². The zero-order chi connectivity index (χ0) is 23.0. The monoisotopic (exact) mass is 575 g/mol. The normalized spacial score (nSPS) is 16.2. The maximum absolute atomic E-state index is 12.2. The molecule has 33 heavy (non-hydrogen) atoms. The van der Waals surface area contributed by atoms with Crippen molar-refractivity contribution >= 4 is 36.0 Å². The van der Waals surface area contributed by atoms with Gasteiger partial charge in [-0.2, -0.15) is 0 Å². The minimum atomic E-state index is -0.447. The van der Waals surface area contributed by atoms with Crippen molar-refractivity contribution < 1.29 is 19.0 Å². The predicted octanol–water partition coefficient (Wildman–Crippen LogP) is 2.68. The molecule has 2 N–H and O–H groups in total. The summed E-state index contributed by atoms with van der Waals surface area (Å²) in [6.45, 7) is 11.8. The van der Waals surface area contributed by atoms with Crippen LogP contribution in [0, 0.1) is 0 Å². The van der Waals surface area contributed by atoms with Crippen LogP contribution in [0.3, 0.4) is 0 Å². The number of amides is 1. The second-order valence-electron chi connectivity index (χ2n) is 9.03. The molecule has 0 unspecified atom stereocenters. The standard InChI is InChI=1S/C23H37N5O4.HI/c1-23(2,3)32-22(29)28-14-12-27(13-15-28)11-5-9-25-21(24-4)26-10-8-18-6-7-19-20(16-18)31-17-30-19;/h6-7,16H,5,8-15,17H2,1-4H3,(H2,24,25,26);1H. The fourth-order valence-electron chi connectivity index (χ4n) is 3.63. The molecular formula is C23H38IN5O4. The van der Waals surface area contributed by atoms with Crippen molar-refractivity contribution in [3.63, 3.8) is 0 Å². The molecule has 0 aliphatic carbocycles. The summed E-state index contributed by atoms with van der Waals surface area (Å²) in [5, 5.41) is 6.73. The van der Waals surface area contributed by atoms with E-state index in [4.69, 9.17) is 14.2 Å². The van der Waals surface area contributed by atoms with Gasteiger partial charge >= 0.3 is 6.09 Å². The van der Waals surface area contributed by atoms with Crippen molar-refractivity contribution in [3.8, 4) is 11.5 Å². The number of aliphatic imine (C=N–C) groups is 1. The van der Waals surface area contributed by atoms with Gasteiger partial charge in [-0.3, -0.25) is 9.89 Å². The molecule has 0 aromatic heterocycles. The Morgan fingerprint density at radius 3 is 2.48 bits per heavy atom. The van der Waals surface area contributed by atoms with Gasteiger partial charge in [-0.15, -0.1) is 24.0 Å². The molecule has 1 fully saturated rings. The van der Waals surface area contributed by atoms with Crippen LogP contribution in [0.1, 0.15) is 32.8 Å². The van der Waals surface area contributed by atoms with Gasteiger partial charge in [0, 0.05) is 46.3 Å². The van der Waals surface area contributed by atoms with Crippen LogP contribution in [-0.2, 0) is 11.2 Å². The van der Waals surface area contributed by atoms with Crippen LogP contribution in [0.15, 0.2) is 23.2 Å². The van der Waals surface area contributed by atoms with Gasteiger partial charge in [0.25, 0.3) is 0 Å². The Hall–Kier alpha value is -1.95.